The van der Waals surface area contributed by atoms with Gasteiger partial charge in [0.25, 0.3) is 5.91 Å². The van der Waals surface area contributed by atoms with Crippen molar-refractivity contribution in [3.8, 4) is 0 Å². The third-order valence-corrected chi connectivity index (χ3v) is 6.43. The van der Waals surface area contributed by atoms with Gasteiger partial charge in [-0.25, -0.2) is 0 Å². The highest BCUT2D eigenvalue weighted by molar-refractivity contribution is 7.13. The molecule has 0 aromatic carbocycles. The standard InChI is InChI=1S/C20H29N3O3S/c1-3-5-18(24)23-11-4-6-16(23)20(26)22-12-9-15(10-13-22)21-19(25)17-8-7-14(2)27-17/h7-8,15-16H,3-6,9-13H2,1-2H3,(H,21,25). The van der Waals surface area contributed by atoms with Crippen molar-refractivity contribution in [1.82, 2.24) is 15.1 Å². The molecule has 1 N–H and O–H groups in total. The Morgan fingerprint density at radius 3 is 2.52 bits per heavy atom. The van der Waals surface area contributed by atoms with E-state index in [1.54, 1.807) is 4.90 Å². The summed E-state index contributed by atoms with van der Waals surface area (Å²) in [6, 6.07) is 3.62. The summed E-state index contributed by atoms with van der Waals surface area (Å²) >= 11 is 1.50. The lowest BCUT2D eigenvalue weighted by atomic mass is 10.0. The molecule has 1 atom stereocenters. The highest BCUT2D eigenvalue weighted by Crippen LogP contribution is 2.23. The van der Waals surface area contributed by atoms with Crippen molar-refractivity contribution in [2.24, 2.45) is 0 Å². The van der Waals surface area contributed by atoms with Gasteiger partial charge in [-0.1, -0.05) is 6.92 Å². The summed E-state index contributed by atoms with van der Waals surface area (Å²) in [6.07, 6.45) is 4.52. The molecule has 148 valence electrons. The van der Waals surface area contributed by atoms with Gasteiger partial charge in [0.05, 0.1) is 4.88 Å². The predicted molar refractivity (Wildman–Crippen MR) is 106 cm³/mol. The van der Waals surface area contributed by atoms with Crippen LogP contribution in [-0.2, 0) is 9.59 Å². The second kappa shape index (κ2) is 8.87. The molecule has 1 aromatic heterocycles. The maximum absolute atomic E-state index is 12.9. The SMILES string of the molecule is CCCC(=O)N1CCCC1C(=O)N1CCC(NC(=O)c2ccc(C)s2)CC1. The maximum Gasteiger partial charge on any atom is 0.261 e. The number of amides is 3. The number of hydrogen-bond donors (Lipinski definition) is 1. The van der Waals surface area contributed by atoms with Gasteiger partial charge >= 0.3 is 0 Å². The van der Waals surface area contributed by atoms with E-state index in [2.05, 4.69) is 5.32 Å². The number of carbonyl (C=O) groups excluding carboxylic acids is 3. The molecule has 0 spiro atoms. The average Bonchev–Trinajstić information content (AvgIpc) is 3.31. The molecular formula is C20H29N3O3S. The molecule has 7 heteroatoms. The Labute approximate surface area is 164 Å². The summed E-state index contributed by atoms with van der Waals surface area (Å²) in [5.41, 5.74) is 0. The van der Waals surface area contributed by atoms with E-state index in [1.165, 1.54) is 11.3 Å². The minimum Gasteiger partial charge on any atom is -0.348 e. The van der Waals surface area contributed by atoms with E-state index < -0.39 is 0 Å². The molecule has 3 amide bonds. The van der Waals surface area contributed by atoms with E-state index in [4.69, 9.17) is 0 Å². The van der Waals surface area contributed by atoms with E-state index in [-0.39, 0.29) is 29.8 Å². The highest BCUT2D eigenvalue weighted by Gasteiger charge is 2.37. The molecule has 1 unspecified atom stereocenters. The van der Waals surface area contributed by atoms with Crippen LogP contribution in [0, 0.1) is 6.92 Å². The molecule has 27 heavy (non-hydrogen) atoms. The minimum absolute atomic E-state index is 0.0231. The van der Waals surface area contributed by atoms with Crippen LogP contribution in [0.15, 0.2) is 12.1 Å². The number of likely N-dealkylation sites (tertiary alicyclic amines) is 2. The van der Waals surface area contributed by atoms with Gasteiger partial charge in [-0.05, 0) is 51.2 Å². The fourth-order valence-corrected chi connectivity index (χ4v) is 4.72. The number of aryl methyl sites for hydroxylation is 1. The van der Waals surface area contributed by atoms with Crippen LogP contribution in [0.2, 0.25) is 0 Å². The monoisotopic (exact) mass is 391 g/mol. The number of nitrogens with zero attached hydrogens (tertiary/aromatic N) is 2. The molecular weight excluding hydrogens is 362 g/mol. The first kappa shape index (κ1) is 19.9. The molecule has 3 heterocycles. The number of nitrogens with one attached hydrogen (secondary N) is 1. The Hall–Kier alpha value is -1.89. The molecule has 0 radical (unpaired) electrons. The molecule has 3 rings (SSSR count). The van der Waals surface area contributed by atoms with Gasteiger partial charge in [0.2, 0.25) is 11.8 Å². The molecule has 2 saturated heterocycles. The van der Waals surface area contributed by atoms with Gasteiger partial charge in [-0.2, -0.15) is 0 Å². The lowest BCUT2D eigenvalue weighted by molar-refractivity contribution is -0.144. The molecule has 0 bridgehead atoms. The Balaban J connectivity index is 1.50. The first-order valence-electron chi connectivity index (χ1n) is 9.95. The number of carbonyl (C=O) groups is 3. The zero-order chi connectivity index (χ0) is 19.4. The second-order valence-corrected chi connectivity index (χ2v) is 8.77. The summed E-state index contributed by atoms with van der Waals surface area (Å²) < 4.78 is 0. The molecule has 2 aliphatic rings. The molecule has 0 aliphatic carbocycles. The van der Waals surface area contributed by atoms with Crippen molar-refractivity contribution in [1.29, 1.82) is 0 Å². The van der Waals surface area contributed by atoms with Crippen LogP contribution < -0.4 is 5.32 Å². The van der Waals surface area contributed by atoms with E-state index in [9.17, 15) is 14.4 Å². The van der Waals surface area contributed by atoms with E-state index in [0.717, 1.165) is 41.9 Å². The number of rotatable bonds is 5. The topological polar surface area (TPSA) is 69.7 Å². The van der Waals surface area contributed by atoms with E-state index in [0.29, 0.717) is 26.1 Å². The maximum atomic E-state index is 12.9. The van der Waals surface area contributed by atoms with Crippen molar-refractivity contribution >= 4 is 29.1 Å². The Morgan fingerprint density at radius 2 is 1.89 bits per heavy atom. The van der Waals surface area contributed by atoms with E-state index >= 15 is 0 Å². The minimum atomic E-state index is -0.288. The Kier molecular flexibility index (Phi) is 6.52. The van der Waals surface area contributed by atoms with Crippen LogP contribution in [0.5, 0.6) is 0 Å². The third kappa shape index (κ3) is 4.69. The van der Waals surface area contributed by atoms with Crippen molar-refractivity contribution in [2.45, 2.75) is 64.5 Å². The predicted octanol–water partition coefficient (Wildman–Crippen LogP) is 2.57. The van der Waals surface area contributed by atoms with Gasteiger partial charge < -0.3 is 15.1 Å². The first-order chi connectivity index (χ1) is 13.0. The summed E-state index contributed by atoms with van der Waals surface area (Å²) in [6.45, 7) is 5.95. The highest BCUT2D eigenvalue weighted by atomic mass is 32.1. The zero-order valence-corrected chi connectivity index (χ0v) is 17.0. The third-order valence-electron chi connectivity index (χ3n) is 5.43. The summed E-state index contributed by atoms with van der Waals surface area (Å²) in [4.78, 5) is 43.0. The van der Waals surface area contributed by atoms with Gasteiger partial charge in [-0.15, -0.1) is 11.3 Å². The average molecular weight is 392 g/mol. The molecule has 6 nitrogen and oxygen atoms in total. The summed E-state index contributed by atoms with van der Waals surface area (Å²) in [7, 11) is 0. The van der Waals surface area contributed by atoms with Crippen molar-refractivity contribution in [3.05, 3.63) is 21.9 Å². The fraction of sp³-hybridized carbons (Fsp3) is 0.650. The van der Waals surface area contributed by atoms with Crippen LogP contribution >= 0.6 is 11.3 Å². The molecule has 2 fully saturated rings. The number of piperidine rings is 1. The quantitative estimate of drug-likeness (QED) is 0.839. The number of hydrogen-bond acceptors (Lipinski definition) is 4. The van der Waals surface area contributed by atoms with Crippen molar-refractivity contribution in [2.75, 3.05) is 19.6 Å². The second-order valence-electron chi connectivity index (χ2n) is 7.48. The summed E-state index contributed by atoms with van der Waals surface area (Å²) in [5.74, 6) is 0.155. The lowest BCUT2D eigenvalue weighted by Crippen LogP contribution is -2.52. The first-order valence-corrected chi connectivity index (χ1v) is 10.8. The smallest absolute Gasteiger partial charge is 0.261 e. The van der Waals surface area contributed by atoms with Crippen LogP contribution in [0.1, 0.15) is 60.0 Å². The largest absolute Gasteiger partial charge is 0.348 e. The van der Waals surface area contributed by atoms with Gasteiger partial charge in [0.1, 0.15) is 6.04 Å². The Morgan fingerprint density at radius 1 is 1.15 bits per heavy atom. The van der Waals surface area contributed by atoms with Crippen molar-refractivity contribution in [3.63, 3.8) is 0 Å². The number of thiophene rings is 1. The zero-order valence-electron chi connectivity index (χ0n) is 16.2. The van der Waals surface area contributed by atoms with Gasteiger partial charge in [0, 0.05) is 37.0 Å². The van der Waals surface area contributed by atoms with Gasteiger partial charge in [0.15, 0.2) is 0 Å². The van der Waals surface area contributed by atoms with Crippen molar-refractivity contribution < 1.29 is 14.4 Å². The molecule has 0 saturated carbocycles. The fourth-order valence-electron chi connectivity index (χ4n) is 3.95. The van der Waals surface area contributed by atoms with Crippen LogP contribution in [0.3, 0.4) is 0 Å². The Bertz CT molecular complexity index is 694. The van der Waals surface area contributed by atoms with E-state index in [1.807, 2.05) is 30.9 Å². The van der Waals surface area contributed by atoms with Gasteiger partial charge in [-0.3, -0.25) is 14.4 Å². The van der Waals surface area contributed by atoms with Crippen LogP contribution in [0.25, 0.3) is 0 Å². The molecule has 1 aromatic rings. The summed E-state index contributed by atoms with van der Waals surface area (Å²) in [5, 5.41) is 3.09. The van der Waals surface area contributed by atoms with Crippen LogP contribution in [-0.4, -0.2) is 59.2 Å². The van der Waals surface area contributed by atoms with Crippen LogP contribution in [0.4, 0.5) is 0 Å². The lowest BCUT2D eigenvalue weighted by Gasteiger charge is -2.35. The molecule has 2 aliphatic heterocycles. The normalized spacial score (nSPS) is 20.7.